The van der Waals surface area contributed by atoms with E-state index in [2.05, 4.69) is 52.6 Å². The molecule has 2 rings (SSSR count). The molecule has 2 heteroatoms. The lowest BCUT2D eigenvalue weighted by Crippen LogP contribution is -2.42. The molecule has 1 heterocycles. The zero-order valence-electron chi connectivity index (χ0n) is 15.7. The van der Waals surface area contributed by atoms with Crippen LogP contribution in [0.25, 0.3) is 0 Å². The monoisotopic (exact) mass is 307 g/mol. The SMILES string of the molecule is CC(=CN1CC(C)OC(C)C1)CC1CCC(C(C)(C)C)CC1. The molecule has 0 radical (unpaired) electrons. The van der Waals surface area contributed by atoms with E-state index >= 15 is 0 Å². The standard InChI is InChI=1S/C20H37NO/c1-15(12-21-13-16(2)22-17(3)14-21)11-18-7-9-19(10-8-18)20(4,5)6/h12,16-19H,7-11,13-14H2,1-6H3. The van der Waals surface area contributed by atoms with Gasteiger partial charge >= 0.3 is 0 Å². The molecule has 128 valence electrons. The molecule has 0 aromatic carbocycles. The van der Waals surface area contributed by atoms with E-state index in [1.54, 1.807) is 5.57 Å². The topological polar surface area (TPSA) is 12.5 Å². The Morgan fingerprint density at radius 3 is 2.09 bits per heavy atom. The number of morpholine rings is 1. The van der Waals surface area contributed by atoms with Crippen LogP contribution in [0.5, 0.6) is 0 Å². The van der Waals surface area contributed by atoms with Crippen molar-refractivity contribution < 1.29 is 4.74 Å². The minimum absolute atomic E-state index is 0.357. The van der Waals surface area contributed by atoms with Gasteiger partial charge in [-0.15, -0.1) is 0 Å². The Morgan fingerprint density at radius 1 is 1.05 bits per heavy atom. The third-order valence-corrected chi connectivity index (χ3v) is 5.53. The van der Waals surface area contributed by atoms with Crippen LogP contribution < -0.4 is 0 Å². The predicted octanol–water partition coefficient (Wildman–Crippen LogP) is 5.24. The Bertz CT molecular complexity index is 364. The van der Waals surface area contributed by atoms with Crippen LogP contribution in [0.1, 0.15) is 73.6 Å². The first-order valence-electron chi connectivity index (χ1n) is 9.31. The zero-order valence-corrected chi connectivity index (χ0v) is 15.7. The van der Waals surface area contributed by atoms with E-state index in [4.69, 9.17) is 4.74 Å². The number of hydrogen-bond acceptors (Lipinski definition) is 2. The second-order valence-corrected chi connectivity index (χ2v) is 8.97. The molecular weight excluding hydrogens is 270 g/mol. The van der Waals surface area contributed by atoms with Crippen molar-refractivity contribution in [2.24, 2.45) is 17.3 Å². The fourth-order valence-electron chi connectivity index (χ4n) is 4.38. The summed E-state index contributed by atoms with van der Waals surface area (Å²) in [6.45, 7) is 16.0. The Hall–Kier alpha value is -0.500. The average Bonchev–Trinajstić information content (AvgIpc) is 2.36. The molecule has 1 saturated carbocycles. The number of nitrogens with zero attached hydrogens (tertiary/aromatic N) is 1. The Kier molecular flexibility index (Phi) is 5.99. The molecule has 2 unspecified atom stereocenters. The summed E-state index contributed by atoms with van der Waals surface area (Å²) >= 11 is 0. The maximum atomic E-state index is 5.82. The molecule has 0 N–H and O–H groups in total. The van der Waals surface area contributed by atoms with Crippen LogP contribution in [0.3, 0.4) is 0 Å². The first-order chi connectivity index (χ1) is 10.2. The Labute approximate surface area is 138 Å². The van der Waals surface area contributed by atoms with Crippen LogP contribution in [0.2, 0.25) is 0 Å². The third-order valence-electron chi connectivity index (χ3n) is 5.53. The highest BCUT2D eigenvalue weighted by Gasteiger charge is 2.29. The summed E-state index contributed by atoms with van der Waals surface area (Å²) in [7, 11) is 0. The molecule has 2 atom stereocenters. The number of rotatable bonds is 3. The maximum absolute atomic E-state index is 5.82. The van der Waals surface area contributed by atoms with Crippen LogP contribution in [0.15, 0.2) is 11.8 Å². The summed E-state index contributed by atoms with van der Waals surface area (Å²) in [5, 5.41) is 0. The van der Waals surface area contributed by atoms with Crippen LogP contribution in [-0.4, -0.2) is 30.2 Å². The van der Waals surface area contributed by atoms with Gasteiger partial charge in [-0.1, -0.05) is 26.3 Å². The highest BCUT2D eigenvalue weighted by Crippen LogP contribution is 2.41. The van der Waals surface area contributed by atoms with Gasteiger partial charge in [-0.25, -0.2) is 0 Å². The van der Waals surface area contributed by atoms with E-state index < -0.39 is 0 Å². The highest BCUT2D eigenvalue weighted by atomic mass is 16.5. The van der Waals surface area contributed by atoms with Gasteiger partial charge in [0.25, 0.3) is 0 Å². The minimum atomic E-state index is 0.357. The van der Waals surface area contributed by atoms with Gasteiger partial charge in [-0.05, 0) is 76.3 Å². The average molecular weight is 308 g/mol. The van der Waals surface area contributed by atoms with Crippen LogP contribution in [0, 0.1) is 17.3 Å². The van der Waals surface area contributed by atoms with Gasteiger partial charge in [0.15, 0.2) is 0 Å². The highest BCUT2D eigenvalue weighted by molar-refractivity contribution is 5.01. The van der Waals surface area contributed by atoms with Crippen LogP contribution in [0.4, 0.5) is 0 Å². The molecule has 0 spiro atoms. The van der Waals surface area contributed by atoms with Gasteiger partial charge in [0, 0.05) is 13.1 Å². The Morgan fingerprint density at radius 2 is 1.59 bits per heavy atom. The van der Waals surface area contributed by atoms with E-state index in [0.29, 0.717) is 17.6 Å². The summed E-state index contributed by atoms with van der Waals surface area (Å²) in [6, 6.07) is 0. The van der Waals surface area contributed by atoms with Crippen molar-refractivity contribution in [3.05, 3.63) is 11.8 Å². The van der Waals surface area contributed by atoms with Crippen molar-refractivity contribution in [2.45, 2.75) is 85.9 Å². The van der Waals surface area contributed by atoms with Gasteiger partial charge < -0.3 is 9.64 Å². The maximum Gasteiger partial charge on any atom is 0.0726 e. The summed E-state index contributed by atoms with van der Waals surface area (Å²) in [5.74, 6) is 1.83. The molecular formula is C20H37NO. The summed E-state index contributed by atoms with van der Waals surface area (Å²) in [6.07, 6.45) is 10.1. The second-order valence-electron chi connectivity index (χ2n) is 8.97. The van der Waals surface area contributed by atoms with E-state index in [9.17, 15) is 0 Å². The second kappa shape index (κ2) is 7.38. The van der Waals surface area contributed by atoms with Crippen molar-refractivity contribution in [2.75, 3.05) is 13.1 Å². The lowest BCUT2D eigenvalue weighted by Gasteiger charge is -2.37. The normalized spacial score (nSPS) is 34.8. The van der Waals surface area contributed by atoms with Crippen molar-refractivity contribution in [1.82, 2.24) is 4.90 Å². The van der Waals surface area contributed by atoms with Crippen molar-refractivity contribution in [1.29, 1.82) is 0 Å². The molecule has 0 bridgehead atoms. The fraction of sp³-hybridized carbons (Fsp3) is 0.900. The molecule has 2 nitrogen and oxygen atoms in total. The summed E-state index contributed by atoms with van der Waals surface area (Å²) in [4.78, 5) is 2.47. The molecule has 22 heavy (non-hydrogen) atoms. The molecule has 1 saturated heterocycles. The number of ether oxygens (including phenoxy) is 1. The fourth-order valence-corrected chi connectivity index (χ4v) is 4.38. The number of hydrogen-bond donors (Lipinski definition) is 0. The van der Waals surface area contributed by atoms with Crippen molar-refractivity contribution in [3.63, 3.8) is 0 Å². The minimum Gasteiger partial charge on any atom is -0.372 e. The first-order valence-corrected chi connectivity index (χ1v) is 9.31. The van der Waals surface area contributed by atoms with Crippen LogP contribution >= 0.6 is 0 Å². The molecule has 1 aliphatic carbocycles. The van der Waals surface area contributed by atoms with Crippen molar-refractivity contribution in [3.8, 4) is 0 Å². The van der Waals surface area contributed by atoms with Gasteiger partial charge in [-0.3, -0.25) is 0 Å². The van der Waals surface area contributed by atoms with Gasteiger partial charge in [0.2, 0.25) is 0 Å². The smallest absolute Gasteiger partial charge is 0.0726 e. The molecule has 0 amide bonds. The van der Waals surface area contributed by atoms with E-state index in [0.717, 1.165) is 24.9 Å². The molecule has 1 aliphatic heterocycles. The van der Waals surface area contributed by atoms with Gasteiger partial charge in [-0.2, -0.15) is 0 Å². The zero-order chi connectivity index (χ0) is 16.3. The molecule has 0 aromatic heterocycles. The molecule has 0 aromatic rings. The van der Waals surface area contributed by atoms with E-state index in [-0.39, 0.29) is 0 Å². The van der Waals surface area contributed by atoms with Gasteiger partial charge in [0.1, 0.15) is 0 Å². The lowest BCUT2D eigenvalue weighted by molar-refractivity contribution is -0.0543. The largest absolute Gasteiger partial charge is 0.372 e. The summed E-state index contributed by atoms with van der Waals surface area (Å²) < 4.78 is 5.82. The third kappa shape index (κ3) is 5.30. The first kappa shape index (κ1) is 17.8. The molecule has 2 fully saturated rings. The van der Waals surface area contributed by atoms with Gasteiger partial charge in [0.05, 0.1) is 12.2 Å². The quantitative estimate of drug-likeness (QED) is 0.707. The lowest BCUT2D eigenvalue weighted by atomic mass is 9.69. The van der Waals surface area contributed by atoms with E-state index in [1.807, 2.05) is 0 Å². The van der Waals surface area contributed by atoms with Crippen LogP contribution in [-0.2, 0) is 4.74 Å². The number of allylic oxidation sites excluding steroid dienone is 1. The summed E-state index contributed by atoms with van der Waals surface area (Å²) in [5.41, 5.74) is 2.05. The van der Waals surface area contributed by atoms with Crippen molar-refractivity contribution >= 4 is 0 Å². The Balaban J connectivity index is 1.80. The molecule has 2 aliphatic rings. The predicted molar refractivity (Wildman–Crippen MR) is 94.9 cm³/mol. The van der Waals surface area contributed by atoms with E-state index in [1.165, 1.54) is 32.1 Å².